The minimum absolute atomic E-state index is 0.0332. The van der Waals surface area contributed by atoms with Gasteiger partial charge in [-0.25, -0.2) is 19.7 Å². The maximum Gasteiger partial charge on any atom is 0.328 e. The molecule has 1 saturated heterocycles. The molecule has 224 valence electrons. The van der Waals surface area contributed by atoms with E-state index in [-0.39, 0.29) is 44.9 Å². The molecule has 1 amide bonds. The monoisotopic (exact) mass is 580 g/mol. The second-order valence-electron chi connectivity index (χ2n) is 9.96. The molecule has 14 heteroatoms. The number of aromatic nitrogens is 4. The Morgan fingerprint density at radius 2 is 1.98 bits per heavy atom. The van der Waals surface area contributed by atoms with Crippen molar-refractivity contribution in [2.75, 3.05) is 51.5 Å². The Morgan fingerprint density at radius 1 is 1.19 bits per heavy atom. The van der Waals surface area contributed by atoms with E-state index in [0.29, 0.717) is 47.3 Å². The Balaban J connectivity index is 1.35. The summed E-state index contributed by atoms with van der Waals surface area (Å²) in [4.78, 5) is 37.6. The van der Waals surface area contributed by atoms with Crippen molar-refractivity contribution in [2.45, 2.75) is 38.8 Å². The molecule has 1 unspecified atom stereocenters. The van der Waals surface area contributed by atoms with Gasteiger partial charge < -0.3 is 35.3 Å². The number of amides is 1. The largest absolute Gasteiger partial charge is 0.487 e. The molecule has 1 aliphatic rings. The first-order chi connectivity index (χ1) is 20.4. The summed E-state index contributed by atoms with van der Waals surface area (Å²) in [6.45, 7) is 5.41. The van der Waals surface area contributed by atoms with Crippen molar-refractivity contribution in [3.05, 3.63) is 36.3 Å². The van der Waals surface area contributed by atoms with Crippen LogP contribution >= 0.6 is 0 Å². The summed E-state index contributed by atoms with van der Waals surface area (Å²) in [5.41, 5.74) is 6.99. The molecule has 3 aromatic heterocycles. The molecule has 0 aromatic carbocycles. The summed E-state index contributed by atoms with van der Waals surface area (Å²) < 4.78 is 24.1. The number of carbonyl (C=O) groups is 2. The number of ether oxygens (including phenoxy) is 4. The average molecular weight is 581 g/mol. The number of nitrogens with zero attached hydrogens (tertiary/aromatic N) is 5. The fraction of sp³-hybridized carbons (Fsp3) is 0.500. The molecule has 3 aromatic rings. The first-order valence-electron chi connectivity index (χ1n) is 13.8. The predicted molar refractivity (Wildman–Crippen MR) is 152 cm³/mol. The second kappa shape index (κ2) is 15.1. The van der Waals surface area contributed by atoms with Gasteiger partial charge in [-0.15, -0.1) is 0 Å². The van der Waals surface area contributed by atoms with E-state index in [1.807, 2.05) is 19.9 Å². The highest BCUT2D eigenvalue weighted by atomic mass is 16.6. The number of carbonyl (C=O) groups excluding carboxylic acids is 2. The van der Waals surface area contributed by atoms with Gasteiger partial charge in [-0.2, -0.15) is 5.26 Å². The Kier molecular flexibility index (Phi) is 11.0. The van der Waals surface area contributed by atoms with Gasteiger partial charge in [0.1, 0.15) is 43.0 Å². The molecule has 0 aliphatic carbocycles. The first kappa shape index (κ1) is 30.6. The third-order valence-electron chi connectivity index (χ3n) is 6.55. The SMILES string of the molecule is CC(C)C(NC(=O)CN)C(=O)OCCOCCOc1cc2ncn(-c3ccc(C#N)cn3)c2nc1NC1CCOCC1. The Labute approximate surface area is 243 Å². The van der Waals surface area contributed by atoms with Gasteiger partial charge in [-0.3, -0.25) is 9.36 Å². The fourth-order valence-corrected chi connectivity index (χ4v) is 4.27. The van der Waals surface area contributed by atoms with Gasteiger partial charge >= 0.3 is 5.97 Å². The molecule has 0 radical (unpaired) electrons. The number of hydrogen-bond donors (Lipinski definition) is 3. The molecule has 1 aliphatic heterocycles. The lowest BCUT2D eigenvalue weighted by molar-refractivity contribution is -0.150. The summed E-state index contributed by atoms with van der Waals surface area (Å²) in [5, 5.41) is 15.1. The second-order valence-corrected chi connectivity index (χ2v) is 9.96. The molecular weight excluding hydrogens is 544 g/mol. The van der Waals surface area contributed by atoms with Crippen molar-refractivity contribution in [3.63, 3.8) is 0 Å². The van der Waals surface area contributed by atoms with Crippen molar-refractivity contribution >= 4 is 28.9 Å². The number of pyridine rings is 2. The van der Waals surface area contributed by atoms with E-state index in [1.54, 1.807) is 23.0 Å². The van der Waals surface area contributed by atoms with Gasteiger partial charge in [-0.1, -0.05) is 13.8 Å². The van der Waals surface area contributed by atoms with Crippen LogP contribution in [0.3, 0.4) is 0 Å². The van der Waals surface area contributed by atoms with Crippen molar-refractivity contribution < 1.29 is 28.5 Å². The van der Waals surface area contributed by atoms with Crippen molar-refractivity contribution in [1.82, 2.24) is 24.8 Å². The number of hydrogen-bond acceptors (Lipinski definition) is 12. The van der Waals surface area contributed by atoms with Gasteiger partial charge in [0.15, 0.2) is 17.2 Å². The standard InChI is InChI=1S/C28H36N8O6/c1-18(2)25(34-24(37)15-30)28(38)42-12-10-40-9-11-41-22-13-21-27(35-26(22)33-20-5-7-39-8-6-20)36(17-32-21)23-4-3-19(14-29)16-31-23/h3-4,13,16-18,20,25H,5-12,15,30H2,1-2H3,(H,33,35)(H,34,37). The third kappa shape index (κ3) is 8.12. The molecule has 4 rings (SSSR count). The first-order valence-corrected chi connectivity index (χ1v) is 13.8. The molecular formula is C28H36N8O6. The lowest BCUT2D eigenvalue weighted by Crippen LogP contribution is -2.47. The van der Waals surface area contributed by atoms with Crippen molar-refractivity contribution in [1.29, 1.82) is 5.26 Å². The zero-order valence-corrected chi connectivity index (χ0v) is 23.7. The minimum Gasteiger partial charge on any atom is -0.487 e. The van der Waals surface area contributed by atoms with E-state index in [4.69, 9.17) is 34.9 Å². The highest BCUT2D eigenvalue weighted by molar-refractivity contribution is 5.85. The minimum atomic E-state index is -0.774. The zero-order valence-electron chi connectivity index (χ0n) is 23.7. The summed E-state index contributed by atoms with van der Waals surface area (Å²) in [6, 6.07) is 6.71. The molecule has 14 nitrogen and oxygen atoms in total. The molecule has 0 spiro atoms. The zero-order chi connectivity index (χ0) is 29.9. The fourth-order valence-electron chi connectivity index (χ4n) is 4.27. The Bertz CT molecular complexity index is 1380. The van der Waals surface area contributed by atoms with Crippen LogP contribution in [0.15, 0.2) is 30.7 Å². The lowest BCUT2D eigenvalue weighted by atomic mass is 10.0. The lowest BCUT2D eigenvalue weighted by Gasteiger charge is -2.24. The van der Waals surface area contributed by atoms with Crippen LogP contribution in [0.5, 0.6) is 5.75 Å². The number of imidazole rings is 1. The quantitative estimate of drug-likeness (QED) is 0.183. The highest BCUT2D eigenvalue weighted by Crippen LogP contribution is 2.29. The topological polar surface area (TPSA) is 189 Å². The molecule has 4 heterocycles. The van der Waals surface area contributed by atoms with E-state index in [1.165, 1.54) is 6.20 Å². The highest BCUT2D eigenvalue weighted by Gasteiger charge is 2.25. The average Bonchev–Trinajstić information content (AvgIpc) is 3.42. The van der Waals surface area contributed by atoms with E-state index < -0.39 is 17.9 Å². The number of anilines is 1. The van der Waals surface area contributed by atoms with Gasteiger partial charge in [0, 0.05) is 31.5 Å². The van der Waals surface area contributed by atoms with Gasteiger partial charge in [-0.05, 0) is 30.9 Å². The molecule has 4 N–H and O–H groups in total. The number of nitriles is 1. The van der Waals surface area contributed by atoms with Crippen molar-refractivity contribution in [3.8, 4) is 17.6 Å². The van der Waals surface area contributed by atoms with Crippen LogP contribution in [0.2, 0.25) is 0 Å². The number of fused-ring (bicyclic) bond motifs is 1. The number of nitrogens with two attached hydrogens (primary N) is 1. The number of nitrogens with one attached hydrogen (secondary N) is 2. The predicted octanol–water partition coefficient (Wildman–Crippen LogP) is 1.32. The Morgan fingerprint density at radius 3 is 2.67 bits per heavy atom. The maximum atomic E-state index is 12.3. The van der Waals surface area contributed by atoms with Gasteiger partial charge in [0.05, 0.1) is 25.3 Å². The molecule has 0 bridgehead atoms. The van der Waals surface area contributed by atoms with Gasteiger partial charge in [0.2, 0.25) is 5.91 Å². The Hall–Kier alpha value is -4.32. The van der Waals surface area contributed by atoms with E-state index in [2.05, 4.69) is 26.7 Å². The van der Waals surface area contributed by atoms with E-state index in [9.17, 15) is 9.59 Å². The van der Waals surface area contributed by atoms with Crippen LogP contribution in [0.1, 0.15) is 32.3 Å². The van der Waals surface area contributed by atoms with E-state index in [0.717, 1.165) is 12.8 Å². The van der Waals surface area contributed by atoms with Crippen LogP contribution in [0, 0.1) is 17.2 Å². The molecule has 42 heavy (non-hydrogen) atoms. The summed E-state index contributed by atoms with van der Waals surface area (Å²) >= 11 is 0. The van der Waals surface area contributed by atoms with Crippen LogP contribution in [0.4, 0.5) is 5.82 Å². The van der Waals surface area contributed by atoms with Crippen LogP contribution in [-0.4, -0.2) is 89.7 Å². The summed E-state index contributed by atoms with van der Waals surface area (Å²) in [5.74, 6) is 0.574. The summed E-state index contributed by atoms with van der Waals surface area (Å²) in [6.07, 6.45) is 4.81. The van der Waals surface area contributed by atoms with Crippen LogP contribution < -0.4 is 21.1 Å². The smallest absolute Gasteiger partial charge is 0.328 e. The summed E-state index contributed by atoms with van der Waals surface area (Å²) in [7, 11) is 0. The maximum absolute atomic E-state index is 12.3. The van der Waals surface area contributed by atoms with Crippen molar-refractivity contribution in [2.24, 2.45) is 11.7 Å². The molecule has 0 saturated carbocycles. The van der Waals surface area contributed by atoms with E-state index >= 15 is 0 Å². The molecule has 1 atom stereocenters. The normalized spacial score (nSPS) is 14.4. The third-order valence-corrected chi connectivity index (χ3v) is 6.55. The number of esters is 1. The molecule has 1 fully saturated rings. The van der Waals surface area contributed by atoms with Gasteiger partial charge in [0.25, 0.3) is 0 Å². The number of rotatable bonds is 14. The van der Waals surface area contributed by atoms with Crippen LogP contribution in [0.25, 0.3) is 17.0 Å². The van der Waals surface area contributed by atoms with Crippen LogP contribution in [-0.2, 0) is 23.8 Å².